The summed E-state index contributed by atoms with van der Waals surface area (Å²) in [6.45, 7) is 0.317. The lowest BCUT2D eigenvalue weighted by Crippen LogP contribution is -2.32. The van der Waals surface area contributed by atoms with Gasteiger partial charge in [0.2, 0.25) is 11.7 Å². The van der Waals surface area contributed by atoms with Gasteiger partial charge in [0.15, 0.2) is 0 Å². The summed E-state index contributed by atoms with van der Waals surface area (Å²) < 4.78 is 54.4. The van der Waals surface area contributed by atoms with Gasteiger partial charge in [-0.1, -0.05) is 5.16 Å². The van der Waals surface area contributed by atoms with Gasteiger partial charge in [0.25, 0.3) is 5.91 Å². The van der Waals surface area contributed by atoms with Crippen molar-refractivity contribution >= 4 is 5.91 Å². The van der Waals surface area contributed by atoms with Gasteiger partial charge < -0.3 is 18.6 Å². The summed E-state index contributed by atoms with van der Waals surface area (Å²) >= 11 is 0. The Bertz CT molecular complexity index is 1220. The number of hydrogen-bond acceptors (Lipinski definition) is 6. The molecule has 2 aromatic heterocycles. The number of methoxy groups -OCH3 is 1. The maximum atomic E-state index is 13.1. The van der Waals surface area contributed by atoms with E-state index in [2.05, 4.69) is 10.1 Å². The number of amides is 1. The first-order valence-electron chi connectivity index (χ1n) is 10.3. The minimum atomic E-state index is -4.48. The first-order valence-corrected chi connectivity index (χ1v) is 10.3. The van der Waals surface area contributed by atoms with Crippen LogP contribution in [0.3, 0.4) is 0 Å². The summed E-state index contributed by atoms with van der Waals surface area (Å²) in [5, 5.41) is 3.98. The zero-order valence-corrected chi connectivity index (χ0v) is 18.1. The molecule has 4 rings (SSSR count). The Hall–Kier alpha value is -4.08. The van der Waals surface area contributed by atoms with E-state index in [1.165, 1.54) is 11.2 Å². The fourth-order valence-electron chi connectivity index (χ4n) is 3.27. The summed E-state index contributed by atoms with van der Waals surface area (Å²) in [6, 6.07) is 14.6. The van der Waals surface area contributed by atoms with Crippen LogP contribution in [-0.2, 0) is 19.1 Å². The fourth-order valence-corrected chi connectivity index (χ4v) is 3.27. The van der Waals surface area contributed by atoms with Crippen LogP contribution < -0.4 is 4.74 Å². The summed E-state index contributed by atoms with van der Waals surface area (Å²) in [7, 11) is 1.57. The molecule has 0 radical (unpaired) electrons. The van der Waals surface area contributed by atoms with Crippen molar-refractivity contribution in [3.63, 3.8) is 0 Å². The summed E-state index contributed by atoms with van der Waals surface area (Å²) in [4.78, 5) is 18.9. The molecule has 2 aromatic carbocycles. The third-order valence-corrected chi connectivity index (χ3v) is 5.09. The van der Waals surface area contributed by atoms with Crippen LogP contribution in [0.15, 0.2) is 75.9 Å². The van der Waals surface area contributed by atoms with Gasteiger partial charge in [-0.2, -0.15) is 18.2 Å². The molecule has 0 bridgehead atoms. The van der Waals surface area contributed by atoms with E-state index in [-0.39, 0.29) is 25.1 Å². The molecular formula is C24H20F3N3O4. The lowest BCUT2D eigenvalue weighted by molar-refractivity contribution is -0.137. The first-order chi connectivity index (χ1) is 16.3. The second-order valence-electron chi connectivity index (χ2n) is 7.37. The number of carbonyl (C=O) groups excluding carboxylic acids is 1. The number of aromatic nitrogens is 2. The van der Waals surface area contributed by atoms with Gasteiger partial charge in [-0.25, -0.2) is 0 Å². The quantitative estimate of drug-likeness (QED) is 0.350. The molecule has 7 nitrogen and oxygen atoms in total. The van der Waals surface area contributed by atoms with E-state index >= 15 is 0 Å². The zero-order valence-electron chi connectivity index (χ0n) is 18.1. The zero-order chi connectivity index (χ0) is 24.1. The third-order valence-electron chi connectivity index (χ3n) is 5.09. The maximum Gasteiger partial charge on any atom is 0.416 e. The van der Waals surface area contributed by atoms with Crippen molar-refractivity contribution < 1.29 is 31.6 Å². The average molecular weight is 471 g/mol. The van der Waals surface area contributed by atoms with Crippen molar-refractivity contribution in [3.8, 4) is 17.1 Å². The van der Waals surface area contributed by atoms with Crippen molar-refractivity contribution in [2.24, 2.45) is 0 Å². The molecule has 1 amide bonds. The average Bonchev–Trinajstić information content (AvgIpc) is 3.53. The highest BCUT2D eigenvalue weighted by Crippen LogP contribution is 2.29. The van der Waals surface area contributed by atoms with Gasteiger partial charge in [0.1, 0.15) is 11.5 Å². The molecule has 0 fully saturated rings. The predicted molar refractivity (Wildman–Crippen MR) is 115 cm³/mol. The molecule has 10 heteroatoms. The monoisotopic (exact) mass is 471 g/mol. The van der Waals surface area contributed by atoms with Crippen molar-refractivity contribution in [1.29, 1.82) is 0 Å². The Balaban J connectivity index is 1.48. The van der Waals surface area contributed by atoms with Gasteiger partial charge in [-0.15, -0.1) is 0 Å². The van der Waals surface area contributed by atoms with Crippen LogP contribution >= 0.6 is 0 Å². The highest BCUT2D eigenvalue weighted by Gasteiger charge is 2.30. The molecule has 2 heterocycles. The van der Waals surface area contributed by atoms with Gasteiger partial charge >= 0.3 is 6.18 Å². The van der Waals surface area contributed by atoms with E-state index < -0.39 is 17.6 Å². The van der Waals surface area contributed by atoms with Gasteiger partial charge in [0, 0.05) is 24.1 Å². The fraction of sp³-hybridized carbons (Fsp3) is 0.208. The number of nitrogens with zero attached hydrogens (tertiary/aromatic N) is 3. The molecule has 0 aliphatic heterocycles. The topological polar surface area (TPSA) is 81.6 Å². The maximum absolute atomic E-state index is 13.1. The molecule has 34 heavy (non-hydrogen) atoms. The smallest absolute Gasteiger partial charge is 0.416 e. The van der Waals surface area contributed by atoms with Crippen LogP contribution in [0.1, 0.15) is 27.6 Å². The van der Waals surface area contributed by atoms with Crippen molar-refractivity contribution in [1.82, 2.24) is 15.0 Å². The molecule has 0 aliphatic rings. The Morgan fingerprint density at radius 1 is 1.06 bits per heavy atom. The second-order valence-corrected chi connectivity index (χ2v) is 7.37. The highest BCUT2D eigenvalue weighted by atomic mass is 19.4. The Morgan fingerprint density at radius 3 is 2.41 bits per heavy atom. The SMILES string of the molecule is COc1ccc(-c2noc(CCN(Cc3ccco3)C(=O)c3ccc(C(F)(F)F)cc3)n2)cc1. The molecule has 4 aromatic rings. The van der Waals surface area contributed by atoms with E-state index in [0.29, 0.717) is 23.2 Å². The van der Waals surface area contributed by atoms with Crippen molar-refractivity contribution in [2.75, 3.05) is 13.7 Å². The largest absolute Gasteiger partial charge is 0.497 e. The van der Waals surface area contributed by atoms with E-state index in [4.69, 9.17) is 13.7 Å². The third kappa shape index (κ3) is 5.45. The standard InChI is InChI=1S/C24H20F3N3O4/c1-32-19-10-6-16(7-11-19)22-28-21(34-29-22)12-13-30(15-20-3-2-14-33-20)23(31)17-4-8-18(9-5-17)24(25,26)27/h2-11,14H,12-13,15H2,1H3. The summed E-state index contributed by atoms with van der Waals surface area (Å²) in [5.74, 6) is 1.49. The number of hydrogen-bond donors (Lipinski definition) is 0. The number of halogens is 3. The lowest BCUT2D eigenvalue weighted by atomic mass is 10.1. The molecule has 0 aliphatic carbocycles. The van der Waals surface area contributed by atoms with E-state index in [0.717, 1.165) is 29.8 Å². The van der Waals surface area contributed by atoms with Crippen molar-refractivity contribution in [3.05, 3.63) is 89.7 Å². The van der Waals surface area contributed by atoms with E-state index in [1.807, 2.05) is 0 Å². The number of benzene rings is 2. The van der Waals surface area contributed by atoms with Gasteiger partial charge in [0.05, 0.1) is 25.5 Å². The Kier molecular flexibility index (Phi) is 6.67. The van der Waals surface area contributed by atoms with Gasteiger partial charge in [-0.05, 0) is 60.7 Å². The second kappa shape index (κ2) is 9.82. The first kappa shape index (κ1) is 23.1. The molecule has 0 saturated heterocycles. The van der Waals surface area contributed by atoms with Crippen LogP contribution in [0.5, 0.6) is 5.75 Å². The lowest BCUT2D eigenvalue weighted by Gasteiger charge is -2.21. The molecule has 0 saturated carbocycles. The highest BCUT2D eigenvalue weighted by molar-refractivity contribution is 5.94. The number of carbonyl (C=O) groups is 1. The minimum Gasteiger partial charge on any atom is -0.497 e. The normalized spacial score (nSPS) is 11.4. The van der Waals surface area contributed by atoms with Crippen LogP contribution in [0.4, 0.5) is 13.2 Å². The summed E-state index contributed by atoms with van der Waals surface area (Å²) in [6.07, 6.45) is -2.75. The van der Waals surface area contributed by atoms with E-state index in [9.17, 15) is 18.0 Å². The van der Waals surface area contributed by atoms with E-state index in [1.54, 1.807) is 43.5 Å². The molecule has 0 N–H and O–H groups in total. The minimum absolute atomic E-state index is 0.129. The number of ether oxygens (including phenoxy) is 1. The number of furan rings is 1. The van der Waals surface area contributed by atoms with Crippen LogP contribution in [0, 0.1) is 0 Å². The van der Waals surface area contributed by atoms with Crippen molar-refractivity contribution in [2.45, 2.75) is 19.1 Å². The number of rotatable bonds is 8. The van der Waals surface area contributed by atoms with Gasteiger partial charge in [-0.3, -0.25) is 4.79 Å². The van der Waals surface area contributed by atoms with Crippen LogP contribution in [-0.4, -0.2) is 34.6 Å². The van der Waals surface area contributed by atoms with Crippen LogP contribution in [0.25, 0.3) is 11.4 Å². The predicted octanol–water partition coefficient (Wildman–Crippen LogP) is 5.24. The van der Waals surface area contributed by atoms with Crippen LogP contribution in [0.2, 0.25) is 0 Å². The molecule has 0 unspecified atom stereocenters. The molecule has 0 spiro atoms. The molecular weight excluding hydrogens is 451 g/mol. The summed E-state index contributed by atoms with van der Waals surface area (Å²) in [5.41, 5.74) is 0.0478. The molecule has 176 valence electrons. The number of alkyl halides is 3. The Labute approximate surface area is 192 Å². The molecule has 0 atom stereocenters. The Morgan fingerprint density at radius 2 is 1.79 bits per heavy atom.